The SMILES string of the molecule is O[C@H](CNC1CCCCC1)Cn1c2c(c3cccc(Cl)c31)CCCC2. The molecule has 0 saturated heterocycles. The Bertz CT molecular complexity index is 733. The normalized spacial score (nSPS) is 19.9. The lowest BCUT2D eigenvalue weighted by molar-refractivity contribution is 0.144. The second kappa shape index (κ2) is 7.69. The van der Waals surface area contributed by atoms with Gasteiger partial charge in [0.25, 0.3) is 0 Å². The van der Waals surface area contributed by atoms with Gasteiger partial charge in [0.2, 0.25) is 0 Å². The molecule has 1 aromatic heterocycles. The Morgan fingerprint density at radius 1 is 1.12 bits per heavy atom. The molecule has 2 aliphatic rings. The fourth-order valence-corrected chi connectivity index (χ4v) is 5.01. The van der Waals surface area contributed by atoms with Gasteiger partial charge in [-0.3, -0.25) is 0 Å². The number of fused-ring (bicyclic) bond motifs is 3. The van der Waals surface area contributed by atoms with Crippen LogP contribution in [-0.4, -0.2) is 28.4 Å². The Balaban J connectivity index is 1.54. The second-order valence-electron chi connectivity index (χ2n) is 7.78. The van der Waals surface area contributed by atoms with E-state index in [2.05, 4.69) is 16.0 Å². The van der Waals surface area contributed by atoms with Crippen LogP contribution in [0.25, 0.3) is 10.9 Å². The van der Waals surface area contributed by atoms with Gasteiger partial charge in [0.05, 0.1) is 23.2 Å². The van der Waals surface area contributed by atoms with Crippen LogP contribution in [0.4, 0.5) is 0 Å². The number of benzene rings is 1. The first-order valence-electron chi connectivity index (χ1n) is 9.94. The smallest absolute Gasteiger partial charge is 0.0843 e. The van der Waals surface area contributed by atoms with E-state index >= 15 is 0 Å². The summed E-state index contributed by atoms with van der Waals surface area (Å²) in [6.45, 7) is 1.30. The molecule has 1 fully saturated rings. The molecule has 1 aromatic carbocycles. The summed E-state index contributed by atoms with van der Waals surface area (Å²) in [4.78, 5) is 0. The third-order valence-electron chi connectivity index (χ3n) is 5.99. The zero-order valence-electron chi connectivity index (χ0n) is 14.9. The molecule has 0 unspecified atom stereocenters. The summed E-state index contributed by atoms with van der Waals surface area (Å²) in [5, 5.41) is 16.3. The summed E-state index contributed by atoms with van der Waals surface area (Å²) in [5.41, 5.74) is 3.97. The van der Waals surface area contributed by atoms with E-state index in [4.69, 9.17) is 11.6 Å². The third-order valence-corrected chi connectivity index (χ3v) is 6.29. The fourth-order valence-electron chi connectivity index (χ4n) is 4.73. The molecule has 25 heavy (non-hydrogen) atoms. The van der Waals surface area contributed by atoms with Gasteiger partial charge in [-0.15, -0.1) is 0 Å². The van der Waals surface area contributed by atoms with Crippen LogP contribution in [0.2, 0.25) is 5.02 Å². The van der Waals surface area contributed by atoms with Gasteiger partial charge >= 0.3 is 0 Å². The Hall–Kier alpha value is -1.03. The number of aryl methyl sites for hydroxylation is 1. The van der Waals surface area contributed by atoms with E-state index in [9.17, 15) is 5.11 Å². The van der Waals surface area contributed by atoms with E-state index < -0.39 is 0 Å². The van der Waals surface area contributed by atoms with Crippen molar-refractivity contribution in [2.45, 2.75) is 76.5 Å². The Labute approximate surface area is 155 Å². The topological polar surface area (TPSA) is 37.2 Å². The summed E-state index contributed by atoms with van der Waals surface area (Å²) in [6.07, 6.45) is 10.8. The number of hydrogen-bond acceptors (Lipinski definition) is 2. The van der Waals surface area contributed by atoms with Gasteiger partial charge in [-0.1, -0.05) is 43.0 Å². The van der Waals surface area contributed by atoms with E-state index in [1.165, 1.54) is 61.6 Å². The number of aromatic nitrogens is 1. The minimum atomic E-state index is -0.375. The van der Waals surface area contributed by atoms with E-state index in [1.54, 1.807) is 0 Å². The highest BCUT2D eigenvalue weighted by Crippen LogP contribution is 2.35. The van der Waals surface area contributed by atoms with Crippen molar-refractivity contribution in [3.05, 3.63) is 34.5 Å². The largest absolute Gasteiger partial charge is 0.390 e. The molecule has 2 aliphatic carbocycles. The first-order valence-corrected chi connectivity index (χ1v) is 10.3. The average Bonchev–Trinajstić information content (AvgIpc) is 2.96. The van der Waals surface area contributed by atoms with Crippen LogP contribution in [0, 0.1) is 0 Å². The molecule has 0 spiro atoms. The number of halogens is 1. The molecule has 1 heterocycles. The summed E-state index contributed by atoms with van der Waals surface area (Å²) < 4.78 is 2.30. The minimum absolute atomic E-state index is 0.375. The van der Waals surface area contributed by atoms with E-state index in [1.807, 2.05) is 12.1 Å². The molecule has 3 nitrogen and oxygen atoms in total. The molecular formula is C21H29ClN2O. The molecule has 0 radical (unpaired) electrons. The van der Waals surface area contributed by atoms with Crippen molar-refractivity contribution < 1.29 is 5.11 Å². The van der Waals surface area contributed by atoms with Gasteiger partial charge in [0.1, 0.15) is 0 Å². The standard InChI is InChI=1S/C21H29ClN2O/c22-19-11-6-10-18-17-9-4-5-12-20(17)24(21(18)19)14-16(25)13-23-15-7-2-1-3-8-15/h6,10-11,15-16,23,25H,1-5,7-9,12-14H2/t16-/m1/s1. The number of aliphatic hydroxyl groups is 1. The van der Waals surface area contributed by atoms with Gasteiger partial charge in [-0.05, 0) is 50.2 Å². The molecule has 0 bridgehead atoms. The maximum atomic E-state index is 10.7. The lowest BCUT2D eigenvalue weighted by Crippen LogP contribution is -2.38. The summed E-state index contributed by atoms with van der Waals surface area (Å²) >= 11 is 6.55. The quantitative estimate of drug-likeness (QED) is 0.826. The predicted octanol–water partition coefficient (Wildman–Crippen LogP) is 4.46. The maximum absolute atomic E-state index is 10.7. The minimum Gasteiger partial charge on any atom is -0.390 e. The molecule has 2 N–H and O–H groups in total. The number of hydrogen-bond donors (Lipinski definition) is 2. The maximum Gasteiger partial charge on any atom is 0.0843 e. The van der Waals surface area contributed by atoms with E-state index in [-0.39, 0.29) is 6.10 Å². The van der Waals surface area contributed by atoms with Crippen molar-refractivity contribution in [2.75, 3.05) is 6.54 Å². The zero-order valence-corrected chi connectivity index (χ0v) is 15.7. The molecule has 136 valence electrons. The van der Waals surface area contributed by atoms with Crippen molar-refractivity contribution in [2.24, 2.45) is 0 Å². The Morgan fingerprint density at radius 3 is 2.76 bits per heavy atom. The lowest BCUT2D eigenvalue weighted by atomic mass is 9.95. The molecule has 1 saturated carbocycles. The highest BCUT2D eigenvalue weighted by atomic mass is 35.5. The van der Waals surface area contributed by atoms with Gasteiger partial charge in [0.15, 0.2) is 0 Å². The van der Waals surface area contributed by atoms with E-state index in [0.29, 0.717) is 19.1 Å². The third kappa shape index (κ3) is 3.60. The summed E-state index contributed by atoms with van der Waals surface area (Å²) in [5.74, 6) is 0. The monoisotopic (exact) mass is 360 g/mol. The zero-order chi connectivity index (χ0) is 17.2. The van der Waals surface area contributed by atoms with Crippen LogP contribution in [0.3, 0.4) is 0 Å². The molecule has 4 heteroatoms. The number of aliphatic hydroxyl groups excluding tert-OH is 1. The van der Waals surface area contributed by atoms with Crippen LogP contribution in [0.5, 0.6) is 0 Å². The number of para-hydroxylation sites is 1. The first-order chi connectivity index (χ1) is 12.2. The Kier molecular flexibility index (Phi) is 5.35. The van der Waals surface area contributed by atoms with Crippen molar-refractivity contribution in [1.82, 2.24) is 9.88 Å². The van der Waals surface area contributed by atoms with Gasteiger partial charge in [-0.25, -0.2) is 0 Å². The van der Waals surface area contributed by atoms with Crippen LogP contribution in [0.15, 0.2) is 18.2 Å². The van der Waals surface area contributed by atoms with Crippen molar-refractivity contribution in [1.29, 1.82) is 0 Å². The molecule has 4 rings (SSSR count). The van der Waals surface area contributed by atoms with Gasteiger partial charge in [0, 0.05) is 23.7 Å². The highest BCUT2D eigenvalue weighted by molar-refractivity contribution is 6.35. The fraction of sp³-hybridized carbons (Fsp3) is 0.619. The summed E-state index contributed by atoms with van der Waals surface area (Å²) in [6, 6.07) is 6.79. The molecule has 0 aliphatic heterocycles. The van der Waals surface area contributed by atoms with Crippen molar-refractivity contribution in [3.8, 4) is 0 Å². The van der Waals surface area contributed by atoms with Crippen LogP contribution < -0.4 is 5.32 Å². The molecule has 2 aromatic rings. The average molecular weight is 361 g/mol. The molecular weight excluding hydrogens is 332 g/mol. The van der Waals surface area contributed by atoms with Crippen LogP contribution in [-0.2, 0) is 19.4 Å². The Morgan fingerprint density at radius 2 is 1.92 bits per heavy atom. The lowest BCUT2D eigenvalue weighted by Gasteiger charge is -2.25. The van der Waals surface area contributed by atoms with Crippen LogP contribution in [0.1, 0.15) is 56.2 Å². The predicted molar refractivity (Wildman–Crippen MR) is 104 cm³/mol. The van der Waals surface area contributed by atoms with Gasteiger partial charge < -0.3 is 15.0 Å². The molecule has 1 atom stereocenters. The number of nitrogens with one attached hydrogen (secondary N) is 1. The van der Waals surface area contributed by atoms with Gasteiger partial charge in [-0.2, -0.15) is 0 Å². The summed E-state index contributed by atoms with van der Waals surface area (Å²) in [7, 11) is 0. The first kappa shape index (κ1) is 17.4. The van der Waals surface area contributed by atoms with Crippen LogP contribution >= 0.6 is 11.6 Å². The molecule has 0 amide bonds. The van der Waals surface area contributed by atoms with Crippen molar-refractivity contribution in [3.63, 3.8) is 0 Å². The van der Waals surface area contributed by atoms with E-state index in [0.717, 1.165) is 23.4 Å². The number of nitrogens with zero attached hydrogens (tertiary/aromatic N) is 1. The highest BCUT2D eigenvalue weighted by Gasteiger charge is 2.23. The van der Waals surface area contributed by atoms with Crippen molar-refractivity contribution >= 4 is 22.5 Å². The number of rotatable bonds is 5. The second-order valence-corrected chi connectivity index (χ2v) is 8.18.